The SMILES string of the molecule is Nc1nsc(NCc2ccc(F)c(Cl)c2)c1C1CC1. The highest BCUT2D eigenvalue weighted by molar-refractivity contribution is 7.10. The quantitative estimate of drug-likeness (QED) is 0.896. The first-order valence-electron chi connectivity index (χ1n) is 6.08. The summed E-state index contributed by atoms with van der Waals surface area (Å²) in [6.07, 6.45) is 2.36. The zero-order valence-corrected chi connectivity index (χ0v) is 11.7. The smallest absolute Gasteiger partial charge is 0.142 e. The monoisotopic (exact) mass is 297 g/mol. The molecule has 1 saturated carbocycles. The molecule has 3 rings (SSSR count). The second kappa shape index (κ2) is 4.98. The molecule has 19 heavy (non-hydrogen) atoms. The molecule has 1 aliphatic rings. The van der Waals surface area contributed by atoms with Crippen molar-refractivity contribution in [2.75, 3.05) is 11.1 Å². The summed E-state index contributed by atoms with van der Waals surface area (Å²) in [7, 11) is 0. The van der Waals surface area contributed by atoms with Gasteiger partial charge in [0.25, 0.3) is 0 Å². The molecule has 0 aliphatic heterocycles. The van der Waals surface area contributed by atoms with E-state index in [-0.39, 0.29) is 5.02 Å². The van der Waals surface area contributed by atoms with Crippen molar-refractivity contribution >= 4 is 34.0 Å². The maximum atomic E-state index is 13.1. The zero-order chi connectivity index (χ0) is 13.4. The van der Waals surface area contributed by atoms with Gasteiger partial charge in [0, 0.05) is 12.1 Å². The summed E-state index contributed by atoms with van der Waals surface area (Å²) in [5, 5.41) is 4.47. The fourth-order valence-corrected chi connectivity index (χ4v) is 3.03. The minimum atomic E-state index is -0.397. The summed E-state index contributed by atoms with van der Waals surface area (Å²) in [6, 6.07) is 4.72. The van der Waals surface area contributed by atoms with Crippen LogP contribution in [0.5, 0.6) is 0 Å². The van der Waals surface area contributed by atoms with E-state index in [2.05, 4.69) is 9.69 Å². The average molecular weight is 298 g/mol. The highest BCUT2D eigenvalue weighted by Gasteiger charge is 2.30. The molecule has 0 unspecified atom stereocenters. The Morgan fingerprint density at radius 2 is 2.26 bits per heavy atom. The Kier molecular flexibility index (Phi) is 3.33. The summed E-state index contributed by atoms with van der Waals surface area (Å²) >= 11 is 7.14. The fraction of sp³-hybridized carbons (Fsp3) is 0.308. The first kappa shape index (κ1) is 12.7. The van der Waals surface area contributed by atoms with Crippen molar-refractivity contribution in [1.82, 2.24) is 4.37 Å². The maximum absolute atomic E-state index is 13.1. The van der Waals surface area contributed by atoms with Crippen LogP contribution in [0.1, 0.15) is 29.9 Å². The Morgan fingerprint density at radius 3 is 2.95 bits per heavy atom. The molecule has 3 N–H and O–H groups in total. The normalized spacial score (nSPS) is 14.6. The van der Waals surface area contributed by atoms with E-state index >= 15 is 0 Å². The van der Waals surface area contributed by atoms with Gasteiger partial charge in [-0.2, -0.15) is 4.37 Å². The number of rotatable bonds is 4. The second-order valence-electron chi connectivity index (χ2n) is 4.69. The molecular formula is C13H13ClFN3S. The molecule has 100 valence electrons. The maximum Gasteiger partial charge on any atom is 0.142 e. The van der Waals surface area contributed by atoms with E-state index in [4.69, 9.17) is 17.3 Å². The van der Waals surface area contributed by atoms with Crippen LogP contribution in [0.2, 0.25) is 5.02 Å². The Labute approximate surface area is 119 Å². The number of nitrogens with zero attached hydrogens (tertiary/aromatic N) is 1. The van der Waals surface area contributed by atoms with Crippen LogP contribution < -0.4 is 11.1 Å². The van der Waals surface area contributed by atoms with Crippen molar-refractivity contribution in [2.24, 2.45) is 0 Å². The molecule has 0 spiro atoms. The van der Waals surface area contributed by atoms with Crippen LogP contribution in [0.25, 0.3) is 0 Å². The van der Waals surface area contributed by atoms with Crippen molar-refractivity contribution in [3.8, 4) is 0 Å². The van der Waals surface area contributed by atoms with Gasteiger partial charge < -0.3 is 11.1 Å². The Hall–Kier alpha value is -1.33. The number of aromatic nitrogens is 1. The third kappa shape index (κ3) is 2.67. The Bertz CT molecular complexity index is 610. The third-order valence-electron chi connectivity index (χ3n) is 3.18. The summed E-state index contributed by atoms with van der Waals surface area (Å²) in [6.45, 7) is 0.585. The van der Waals surface area contributed by atoms with Gasteiger partial charge in [0.15, 0.2) is 0 Å². The molecule has 1 aromatic heterocycles. The summed E-state index contributed by atoms with van der Waals surface area (Å²) in [5.41, 5.74) is 7.95. The lowest BCUT2D eigenvalue weighted by Gasteiger charge is -2.07. The van der Waals surface area contributed by atoms with Crippen molar-refractivity contribution < 1.29 is 4.39 Å². The average Bonchev–Trinajstić information content (AvgIpc) is 3.15. The molecule has 0 radical (unpaired) electrons. The highest BCUT2D eigenvalue weighted by Crippen LogP contribution is 2.47. The first-order chi connectivity index (χ1) is 9.15. The van der Waals surface area contributed by atoms with E-state index in [1.165, 1.54) is 30.4 Å². The molecule has 3 nitrogen and oxygen atoms in total. The summed E-state index contributed by atoms with van der Waals surface area (Å²) in [5.74, 6) is 0.788. The molecule has 0 saturated heterocycles. The number of nitrogens with one attached hydrogen (secondary N) is 1. The van der Waals surface area contributed by atoms with Gasteiger partial charge in [-0.3, -0.25) is 0 Å². The predicted molar refractivity (Wildman–Crippen MR) is 77.2 cm³/mol. The molecule has 0 bridgehead atoms. The number of halogens is 2. The number of nitrogen functional groups attached to an aromatic ring is 1. The van der Waals surface area contributed by atoms with E-state index in [0.717, 1.165) is 16.1 Å². The number of nitrogens with two attached hydrogens (primary N) is 1. The van der Waals surface area contributed by atoms with Crippen LogP contribution >= 0.6 is 23.1 Å². The zero-order valence-electron chi connectivity index (χ0n) is 10.1. The molecule has 1 fully saturated rings. The van der Waals surface area contributed by atoms with Gasteiger partial charge in [0.05, 0.1) is 5.02 Å². The minimum absolute atomic E-state index is 0.144. The second-order valence-corrected chi connectivity index (χ2v) is 5.87. The van der Waals surface area contributed by atoms with E-state index in [1.54, 1.807) is 12.1 Å². The molecular weight excluding hydrogens is 285 g/mol. The van der Waals surface area contributed by atoms with Gasteiger partial charge in [0.1, 0.15) is 16.6 Å². The molecule has 6 heteroatoms. The lowest BCUT2D eigenvalue weighted by atomic mass is 10.2. The standard InChI is InChI=1S/C13H13ClFN3S/c14-9-5-7(1-4-10(9)15)6-17-13-11(8-2-3-8)12(16)18-19-13/h1,4-5,8,17H,2-3,6H2,(H2,16,18). The van der Waals surface area contributed by atoms with Gasteiger partial charge >= 0.3 is 0 Å². The van der Waals surface area contributed by atoms with Crippen molar-refractivity contribution in [2.45, 2.75) is 25.3 Å². The van der Waals surface area contributed by atoms with Gasteiger partial charge in [-0.1, -0.05) is 17.7 Å². The van der Waals surface area contributed by atoms with Crippen molar-refractivity contribution in [3.05, 3.63) is 40.2 Å². The first-order valence-corrected chi connectivity index (χ1v) is 7.23. The lowest BCUT2D eigenvalue weighted by molar-refractivity contribution is 0.627. The molecule has 0 atom stereocenters. The van der Waals surface area contributed by atoms with E-state index < -0.39 is 5.82 Å². The van der Waals surface area contributed by atoms with Crippen LogP contribution in [-0.4, -0.2) is 4.37 Å². The van der Waals surface area contributed by atoms with Gasteiger partial charge in [0.2, 0.25) is 0 Å². The molecule has 0 amide bonds. The van der Waals surface area contributed by atoms with Crippen LogP contribution in [-0.2, 0) is 6.54 Å². The minimum Gasteiger partial charge on any atom is -0.383 e. The molecule has 1 aliphatic carbocycles. The number of hydrogen-bond donors (Lipinski definition) is 2. The van der Waals surface area contributed by atoms with Gasteiger partial charge in [-0.25, -0.2) is 4.39 Å². The molecule has 1 aromatic carbocycles. The Morgan fingerprint density at radius 1 is 1.47 bits per heavy atom. The molecule has 2 aromatic rings. The lowest BCUT2D eigenvalue weighted by Crippen LogP contribution is -2.01. The topological polar surface area (TPSA) is 50.9 Å². The number of anilines is 2. The van der Waals surface area contributed by atoms with Crippen LogP contribution in [0, 0.1) is 5.82 Å². The van der Waals surface area contributed by atoms with Crippen LogP contribution in [0.4, 0.5) is 15.2 Å². The largest absolute Gasteiger partial charge is 0.383 e. The fourth-order valence-electron chi connectivity index (χ4n) is 2.04. The summed E-state index contributed by atoms with van der Waals surface area (Å²) in [4.78, 5) is 0. The van der Waals surface area contributed by atoms with Crippen molar-refractivity contribution in [3.63, 3.8) is 0 Å². The van der Waals surface area contributed by atoms with Gasteiger partial charge in [-0.15, -0.1) is 0 Å². The van der Waals surface area contributed by atoms with Crippen LogP contribution in [0.15, 0.2) is 18.2 Å². The van der Waals surface area contributed by atoms with E-state index in [9.17, 15) is 4.39 Å². The van der Waals surface area contributed by atoms with E-state index in [0.29, 0.717) is 18.3 Å². The predicted octanol–water partition coefficient (Wildman–Crippen LogP) is 4.01. The van der Waals surface area contributed by atoms with Crippen molar-refractivity contribution in [1.29, 1.82) is 0 Å². The molecule has 1 heterocycles. The summed E-state index contributed by atoms with van der Waals surface area (Å²) < 4.78 is 17.3. The number of benzene rings is 1. The van der Waals surface area contributed by atoms with E-state index in [1.807, 2.05) is 0 Å². The highest BCUT2D eigenvalue weighted by atomic mass is 35.5. The van der Waals surface area contributed by atoms with Crippen LogP contribution in [0.3, 0.4) is 0 Å². The third-order valence-corrected chi connectivity index (χ3v) is 4.30. The number of hydrogen-bond acceptors (Lipinski definition) is 4. The Balaban J connectivity index is 1.73. The van der Waals surface area contributed by atoms with Gasteiger partial charge in [-0.05, 0) is 48.0 Å².